The summed E-state index contributed by atoms with van der Waals surface area (Å²) in [5.74, 6) is 1.37. The average molecular weight is 821 g/mol. The molecular weight excluding hydrogens is 771 g/mol. The second-order valence-corrected chi connectivity index (χ2v) is 15.3. The number of aromatic nitrogens is 6. The standard InChI is InChI=1S/C20H24N4O2S.C19H20F2N4O2S.C2H6/c1-5-24-18(17-7-6-12-26-17)22-23-20(24)27-14(4)19(25)21-16-10-8-15(9-11-16)13(2)3;1-4-25-16(15-6-5-11-27-15)23-24-18(25)28-19(20,21)17(26)22-14-9-7-13(8-10-14)12(2)3;1-2/h6-14H,5H2,1-4H3,(H,21,25);5-12H,4H2,1-3H3,(H,22,26);1-2H3. The summed E-state index contributed by atoms with van der Waals surface area (Å²) in [6.45, 7) is 19.0. The fourth-order valence-electron chi connectivity index (χ4n) is 5.21. The van der Waals surface area contributed by atoms with E-state index in [1.807, 2.05) is 82.5 Å². The van der Waals surface area contributed by atoms with E-state index in [0.29, 0.717) is 58.9 Å². The van der Waals surface area contributed by atoms with Gasteiger partial charge in [-0.25, -0.2) is 0 Å². The van der Waals surface area contributed by atoms with E-state index >= 15 is 0 Å². The lowest BCUT2D eigenvalue weighted by Gasteiger charge is -2.16. The minimum Gasteiger partial charge on any atom is -0.461 e. The molecule has 0 radical (unpaired) electrons. The fourth-order valence-corrected chi connectivity index (χ4v) is 6.90. The van der Waals surface area contributed by atoms with Crippen LogP contribution in [0.2, 0.25) is 0 Å². The molecule has 6 aromatic rings. The van der Waals surface area contributed by atoms with Crippen molar-refractivity contribution in [3.05, 3.63) is 96.4 Å². The van der Waals surface area contributed by atoms with Gasteiger partial charge in [0.2, 0.25) is 5.91 Å². The number of furan rings is 2. The lowest BCUT2D eigenvalue weighted by molar-refractivity contribution is -0.129. The summed E-state index contributed by atoms with van der Waals surface area (Å²) in [5, 5.41) is 18.0. The van der Waals surface area contributed by atoms with Gasteiger partial charge in [-0.05, 0) is 104 Å². The predicted molar refractivity (Wildman–Crippen MR) is 223 cm³/mol. The summed E-state index contributed by atoms with van der Waals surface area (Å²) in [6.07, 6.45) is 3.07. The van der Waals surface area contributed by atoms with Crippen LogP contribution in [-0.4, -0.2) is 51.8 Å². The molecule has 0 saturated heterocycles. The second kappa shape index (κ2) is 20.8. The van der Waals surface area contributed by atoms with Crippen LogP contribution in [0.25, 0.3) is 23.2 Å². The third-order valence-corrected chi connectivity index (χ3v) is 10.4. The number of anilines is 2. The normalized spacial score (nSPS) is 11.7. The van der Waals surface area contributed by atoms with E-state index in [9.17, 15) is 18.4 Å². The van der Waals surface area contributed by atoms with Gasteiger partial charge in [-0.15, -0.1) is 20.4 Å². The Morgan fingerprint density at radius 2 is 1.12 bits per heavy atom. The number of amides is 2. The van der Waals surface area contributed by atoms with E-state index in [1.165, 1.54) is 28.2 Å². The van der Waals surface area contributed by atoms with Gasteiger partial charge in [0.1, 0.15) is 0 Å². The van der Waals surface area contributed by atoms with Gasteiger partial charge in [0, 0.05) is 24.5 Å². The molecule has 16 heteroatoms. The predicted octanol–water partition coefficient (Wildman–Crippen LogP) is 10.8. The van der Waals surface area contributed by atoms with Gasteiger partial charge >= 0.3 is 11.2 Å². The maximum Gasteiger partial charge on any atom is 0.378 e. The zero-order chi connectivity index (χ0) is 41.7. The van der Waals surface area contributed by atoms with Crippen LogP contribution >= 0.6 is 23.5 Å². The third-order valence-electron chi connectivity index (χ3n) is 8.36. The van der Waals surface area contributed by atoms with Crippen LogP contribution in [0.4, 0.5) is 20.2 Å². The van der Waals surface area contributed by atoms with Gasteiger partial charge in [0.05, 0.1) is 17.8 Å². The Morgan fingerprint density at radius 3 is 1.54 bits per heavy atom. The molecule has 6 rings (SSSR count). The van der Waals surface area contributed by atoms with Gasteiger partial charge in [0.25, 0.3) is 0 Å². The zero-order valence-electron chi connectivity index (χ0n) is 33.6. The molecule has 0 aliphatic heterocycles. The summed E-state index contributed by atoms with van der Waals surface area (Å²) in [7, 11) is 0. The Balaban J connectivity index is 0.000000242. The molecular formula is C41H50F2N8O4S2. The number of hydrogen-bond acceptors (Lipinski definition) is 10. The third kappa shape index (κ3) is 11.7. The van der Waals surface area contributed by atoms with E-state index in [2.05, 4.69) is 44.9 Å². The molecule has 0 spiro atoms. The number of nitrogens with one attached hydrogen (secondary N) is 2. The first-order chi connectivity index (χ1) is 27.3. The van der Waals surface area contributed by atoms with Crippen molar-refractivity contribution >= 4 is 46.7 Å². The van der Waals surface area contributed by atoms with Crippen LogP contribution < -0.4 is 10.6 Å². The molecule has 0 fully saturated rings. The Labute approximate surface area is 340 Å². The number of carbonyl (C=O) groups is 2. The van der Waals surface area contributed by atoms with Crippen molar-refractivity contribution in [1.82, 2.24) is 29.5 Å². The molecule has 0 saturated carbocycles. The van der Waals surface area contributed by atoms with E-state index < -0.39 is 11.2 Å². The molecule has 2 amide bonds. The van der Waals surface area contributed by atoms with Crippen LogP contribution in [0.5, 0.6) is 0 Å². The fraction of sp³-hybridized carbons (Fsp3) is 0.366. The van der Waals surface area contributed by atoms with E-state index in [1.54, 1.807) is 49.6 Å². The van der Waals surface area contributed by atoms with Gasteiger partial charge in [-0.1, -0.05) is 77.6 Å². The molecule has 0 bridgehead atoms. The minimum atomic E-state index is -3.73. The molecule has 304 valence electrons. The van der Waals surface area contributed by atoms with Crippen molar-refractivity contribution < 1.29 is 27.2 Å². The zero-order valence-corrected chi connectivity index (χ0v) is 35.3. The Hall–Kier alpha value is -5.22. The maximum atomic E-state index is 14.5. The smallest absolute Gasteiger partial charge is 0.378 e. The van der Waals surface area contributed by atoms with Gasteiger partial charge in [0.15, 0.2) is 33.5 Å². The number of alkyl halides is 2. The molecule has 4 heterocycles. The largest absolute Gasteiger partial charge is 0.461 e. The van der Waals surface area contributed by atoms with Crippen LogP contribution in [0.1, 0.15) is 85.3 Å². The van der Waals surface area contributed by atoms with Crippen molar-refractivity contribution in [1.29, 1.82) is 0 Å². The molecule has 1 unspecified atom stereocenters. The molecule has 57 heavy (non-hydrogen) atoms. The van der Waals surface area contributed by atoms with Crippen LogP contribution in [-0.2, 0) is 22.7 Å². The summed E-state index contributed by atoms with van der Waals surface area (Å²) in [5.41, 5.74) is 3.41. The number of thioether (sulfide) groups is 2. The van der Waals surface area contributed by atoms with Crippen LogP contribution in [0.3, 0.4) is 0 Å². The Kier molecular flexibility index (Phi) is 16.2. The number of halogens is 2. The van der Waals surface area contributed by atoms with Crippen LogP contribution in [0, 0.1) is 0 Å². The molecule has 4 aromatic heterocycles. The SMILES string of the molecule is CC.CCn1c(SC(C)C(=O)Nc2ccc(C(C)C)cc2)nnc1-c1ccco1.CCn1c(SC(F)(F)C(=O)Nc2ccc(C(C)C)cc2)nnc1-c1ccco1. The highest BCUT2D eigenvalue weighted by molar-refractivity contribution is 8.01. The molecule has 2 N–H and O–H groups in total. The topological polar surface area (TPSA) is 146 Å². The van der Waals surface area contributed by atoms with Crippen molar-refractivity contribution in [2.45, 2.75) is 108 Å². The summed E-state index contributed by atoms with van der Waals surface area (Å²) in [4.78, 5) is 24.7. The minimum absolute atomic E-state index is 0.0529. The highest BCUT2D eigenvalue weighted by Gasteiger charge is 2.42. The van der Waals surface area contributed by atoms with E-state index in [-0.39, 0.29) is 28.1 Å². The second-order valence-electron chi connectivity index (χ2n) is 12.9. The summed E-state index contributed by atoms with van der Waals surface area (Å²) >= 11 is 1.44. The summed E-state index contributed by atoms with van der Waals surface area (Å²) in [6, 6.07) is 21.8. The number of carbonyl (C=O) groups excluding carboxylic acids is 2. The highest BCUT2D eigenvalue weighted by atomic mass is 32.2. The molecule has 2 aromatic carbocycles. The van der Waals surface area contributed by atoms with Crippen LogP contribution in [0.15, 0.2) is 104 Å². The maximum absolute atomic E-state index is 14.5. The Morgan fingerprint density at radius 1 is 0.684 bits per heavy atom. The van der Waals surface area contributed by atoms with E-state index in [0.717, 1.165) is 11.3 Å². The van der Waals surface area contributed by atoms with Crippen molar-refractivity contribution in [3.63, 3.8) is 0 Å². The lowest BCUT2D eigenvalue weighted by Crippen LogP contribution is -2.31. The monoisotopic (exact) mass is 820 g/mol. The molecule has 0 aliphatic carbocycles. The lowest BCUT2D eigenvalue weighted by atomic mass is 10.0. The highest BCUT2D eigenvalue weighted by Crippen LogP contribution is 2.37. The first-order valence-electron chi connectivity index (χ1n) is 18.8. The van der Waals surface area contributed by atoms with Crippen molar-refractivity contribution in [2.75, 3.05) is 10.6 Å². The molecule has 0 aliphatic rings. The number of nitrogens with zero attached hydrogens (tertiary/aromatic N) is 6. The van der Waals surface area contributed by atoms with Gasteiger partial charge in [-0.2, -0.15) is 8.78 Å². The first-order valence-corrected chi connectivity index (χ1v) is 20.5. The van der Waals surface area contributed by atoms with Gasteiger partial charge < -0.3 is 19.5 Å². The van der Waals surface area contributed by atoms with Crippen molar-refractivity contribution in [3.8, 4) is 23.2 Å². The number of hydrogen-bond donors (Lipinski definition) is 2. The quantitative estimate of drug-likeness (QED) is 0.102. The van der Waals surface area contributed by atoms with E-state index in [4.69, 9.17) is 8.83 Å². The van der Waals surface area contributed by atoms with Crippen molar-refractivity contribution in [2.24, 2.45) is 0 Å². The Bertz CT molecular complexity index is 2130. The number of rotatable bonds is 14. The first kappa shape index (κ1) is 44.5. The van der Waals surface area contributed by atoms with Gasteiger partial charge in [-0.3, -0.25) is 18.7 Å². The molecule has 12 nitrogen and oxygen atoms in total. The summed E-state index contributed by atoms with van der Waals surface area (Å²) < 4.78 is 43.1. The molecule has 1 atom stereocenters. The average Bonchev–Trinajstić information content (AvgIpc) is 4.04. The number of benzene rings is 2.